The Morgan fingerprint density at radius 1 is 1.50 bits per heavy atom. The Morgan fingerprint density at radius 3 is 2.25 bits per heavy atom. The van der Waals surface area contributed by atoms with E-state index in [1.165, 1.54) is 11.5 Å². The molecule has 0 aliphatic carbocycles. The standard InChI is InChI=1S/C5H6FNS/c1-3-5(6)4(2)8-7-3/h1-2H3. The smallest absolute Gasteiger partial charge is 0.159 e. The van der Waals surface area contributed by atoms with Gasteiger partial charge < -0.3 is 0 Å². The number of nitrogens with zero attached hydrogens (tertiary/aromatic N) is 1. The molecule has 0 aliphatic heterocycles. The lowest BCUT2D eigenvalue weighted by Gasteiger charge is -1.78. The van der Waals surface area contributed by atoms with Crippen molar-refractivity contribution in [3.05, 3.63) is 16.4 Å². The molecule has 0 saturated carbocycles. The van der Waals surface area contributed by atoms with Crippen molar-refractivity contribution in [3.63, 3.8) is 0 Å². The van der Waals surface area contributed by atoms with Crippen LogP contribution in [-0.4, -0.2) is 4.37 Å². The van der Waals surface area contributed by atoms with E-state index in [9.17, 15) is 4.39 Å². The molecule has 0 radical (unpaired) electrons. The lowest BCUT2D eigenvalue weighted by Crippen LogP contribution is -1.74. The number of rotatable bonds is 0. The van der Waals surface area contributed by atoms with Crippen LogP contribution in [0.1, 0.15) is 10.6 Å². The van der Waals surface area contributed by atoms with E-state index in [4.69, 9.17) is 0 Å². The summed E-state index contributed by atoms with van der Waals surface area (Å²) >= 11 is 1.21. The van der Waals surface area contributed by atoms with E-state index < -0.39 is 0 Å². The van der Waals surface area contributed by atoms with E-state index in [0.717, 1.165) is 0 Å². The summed E-state index contributed by atoms with van der Waals surface area (Å²) in [5.74, 6) is -0.157. The molecule has 3 heteroatoms. The van der Waals surface area contributed by atoms with Gasteiger partial charge in [0.25, 0.3) is 0 Å². The van der Waals surface area contributed by atoms with Crippen LogP contribution in [0.5, 0.6) is 0 Å². The Hall–Kier alpha value is -0.440. The Kier molecular flexibility index (Phi) is 1.29. The van der Waals surface area contributed by atoms with E-state index in [2.05, 4.69) is 4.37 Å². The lowest BCUT2D eigenvalue weighted by molar-refractivity contribution is 0.612. The van der Waals surface area contributed by atoms with Gasteiger partial charge in [-0.3, -0.25) is 0 Å². The van der Waals surface area contributed by atoms with Gasteiger partial charge in [-0.15, -0.1) is 0 Å². The fraction of sp³-hybridized carbons (Fsp3) is 0.400. The third-order valence-corrected chi connectivity index (χ3v) is 1.76. The lowest BCUT2D eigenvalue weighted by atomic mass is 10.4. The molecule has 0 amide bonds. The molecule has 8 heavy (non-hydrogen) atoms. The Morgan fingerprint density at radius 2 is 2.12 bits per heavy atom. The van der Waals surface area contributed by atoms with Crippen molar-refractivity contribution in [2.75, 3.05) is 0 Å². The van der Waals surface area contributed by atoms with Gasteiger partial charge in [0.15, 0.2) is 5.82 Å². The minimum atomic E-state index is -0.157. The average molecular weight is 131 g/mol. The second-order valence-electron chi connectivity index (χ2n) is 1.64. The van der Waals surface area contributed by atoms with E-state index >= 15 is 0 Å². The molecule has 0 unspecified atom stereocenters. The maximum absolute atomic E-state index is 12.4. The van der Waals surface area contributed by atoms with Crippen LogP contribution in [0, 0.1) is 19.7 Å². The number of hydrogen-bond acceptors (Lipinski definition) is 2. The molecule has 0 N–H and O–H groups in total. The molecular weight excluding hydrogens is 125 g/mol. The van der Waals surface area contributed by atoms with Crippen molar-refractivity contribution < 1.29 is 4.39 Å². The van der Waals surface area contributed by atoms with E-state index in [0.29, 0.717) is 10.6 Å². The first-order valence-corrected chi connectivity index (χ1v) is 3.07. The summed E-state index contributed by atoms with van der Waals surface area (Å²) < 4.78 is 16.2. The zero-order chi connectivity index (χ0) is 6.15. The van der Waals surface area contributed by atoms with Crippen molar-refractivity contribution in [3.8, 4) is 0 Å². The summed E-state index contributed by atoms with van der Waals surface area (Å²) in [7, 11) is 0. The molecule has 0 fully saturated rings. The van der Waals surface area contributed by atoms with E-state index in [1.54, 1.807) is 13.8 Å². The summed E-state index contributed by atoms with van der Waals surface area (Å²) in [5, 5.41) is 0. The van der Waals surface area contributed by atoms with Gasteiger partial charge in [-0.25, -0.2) is 4.39 Å². The van der Waals surface area contributed by atoms with Gasteiger partial charge in [-0.05, 0) is 25.4 Å². The summed E-state index contributed by atoms with van der Waals surface area (Å²) in [5.41, 5.74) is 0.507. The van der Waals surface area contributed by atoms with Crippen LogP contribution < -0.4 is 0 Å². The fourth-order valence-electron chi connectivity index (χ4n) is 0.472. The molecule has 0 atom stereocenters. The monoisotopic (exact) mass is 131 g/mol. The number of hydrogen-bond donors (Lipinski definition) is 0. The minimum Gasteiger partial charge on any atom is -0.204 e. The predicted octanol–water partition coefficient (Wildman–Crippen LogP) is 1.90. The van der Waals surface area contributed by atoms with Crippen LogP contribution in [0.4, 0.5) is 4.39 Å². The predicted molar refractivity (Wildman–Crippen MR) is 31.5 cm³/mol. The first kappa shape index (κ1) is 5.69. The second-order valence-corrected chi connectivity index (χ2v) is 2.62. The number of halogens is 1. The van der Waals surface area contributed by atoms with Gasteiger partial charge in [0.2, 0.25) is 0 Å². The van der Waals surface area contributed by atoms with Gasteiger partial charge in [0.05, 0.1) is 10.6 Å². The summed E-state index contributed by atoms with van der Waals surface area (Å²) in [6.07, 6.45) is 0. The Balaban J connectivity index is 3.19. The Bertz CT molecular complexity index is 175. The molecular formula is C5H6FNS. The van der Waals surface area contributed by atoms with Crippen LogP contribution in [0.2, 0.25) is 0 Å². The van der Waals surface area contributed by atoms with Gasteiger partial charge >= 0.3 is 0 Å². The molecule has 1 aromatic heterocycles. The van der Waals surface area contributed by atoms with Gasteiger partial charge in [0, 0.05) is 0 Å². The van der Waals surface area contributed by atoms with E-state index in [1.807, 2.05) is 0 Å². The van der Waals surface area contributed by atoms with Crippen LogP contribution >= 0.6 is 11.5 Å². The van der Waals surface area contributed by atoms with Crippen molar-refractivity contribution in [1.29, 1.82) is 0 Å². The molecule has 0 aromatic carbocycles. The van der Waals surface area contributed by atoms with Gasteiger partial charge in [-0.2, -0.15) is 4.37 Å². The van der Waals surface area contributed by atoms with Crippen LogP contribution in [0.25, 0.3) is 0 Å². The normalized spacial score (nSPS) is 9.88. The highest BCUT2D eigenvalue weighted by atomic mass is 32.1. The first-order chi connectivity index (χ1) is 3.72. The molecule has 1 rings (SSSR count). The van der Waals surface area contributed by atoms with Crippen molar-refractivity contribution in [2.45, 2.75) is 13.8 Å². The first-order valence-electron chi connectivity index (χ1n) is 2.30. The highest BCUT2D eigenvalue weighted by Gasteiger charge is 2.02. The quantitative estimate of drug-likeness (QED) is 0.524. The topological polar surface area (TPSA) is 12.9 Å². The molecule has 1 aromatic rings. The summed E-state index contributed by atoms with van der Waals surface area (Å²) in [6.45, 7) is 3.39. The van der Waals surface area contributed by atoms with Crippen molar-refractivity contribution >= 4 is 11.5 Å². The van der Waals surface area contributed by atoms with Crippen molar-refractivity contribution in [1.82, 2.24) is 4.37 Å². The maximum atomic E-state index is 12.4. The second kappa shape index (κ2) is 1.82. The highest BCUT2D eigenvalue weighted by Crippen LogP contribution is 2.13. The third-order valence-electron chi connectivity index (χ3n) is 0.946. The van der Waals surface area contributed by atoms with Gasteiger partial charge in [-0.1, -0.05) is 0 Å². The van der Waals surface area contributed by atoms with E-state index in [-0.39, 0.29) is 5.82 Å². The SMILES string of the molecule is Cc1nsc(C)c1F. The van der Waals surface area contributed by atoms with Crippen molar-refractivity contribution in [2.24, 2.45) is 0 Å². The van der Waals surface area contributed by atoms with Crippen LogP contribution in [0.3, 0.4) is 0 Å². The molecule has 0 saturated heterocycles. The minimum absolute atomic E-state index is 0.157. The molecule has 0 aliphatic rings. The highest BCUT2D eigenvalue weighted by molar-refractivity contribution is 7.05. The zero-order valence-electron chi connectivity index (χ0n) is 4.73. The maximum Gasteiger partial charge on any atom is 0.159 e. The average Bonchev–Trinajstić information content (AvgIpc) is 1.98. The Labute approximate surface area is 51.3 Å². The number of aryl methyl sites for hydroxylation is 2. The zero-order valence-corrected chi connectivity index (χ0v) is 5.55. The molecule has 0 bridgehead atoms. The summed E-state index contributed by atoms with van der Waals surface area (Å²) in [6, 6.07) is 0. The molecule has 0 spiro atoms. The van der Waals surface area contributed by atoms with Crippen LogP contribution in [0.15, 0.2) is 0 Å². The third kappa shape index (κ3) is 0.733. The molecule has 1 nitrogen and oxygen atoms in total. The van der Waals surface area contributed by atoms with Crippen LogP contribution in [-0.2, 0) is 0 Å². The molecule has 1 heterocycles. The fourth-order valence-corrected chi connectivity index (χ4v) is 1.05. The molecule has 44 valence electrons. The van der Waals surface area contributed by atoms with Gasteiger partial charge in [0.1, 0.15) is 0 Å². The number of aromatic nitrogens is 1. The largest absolute Gasteiger partial charge is 0.204 e. The summed E-state index contributed by atoms with van der Waals surface area (Å²) in [4.78, 5) is 0.669.